The molecular weight excluding hydrogens is 1220 g/mol. The van der Waals surface area contributed by atoms with Crippen LogP contribution in [0.15, 0.2) is 196 Å². The van der Waals surface area contributed by atoms with Crippen molar-refractivity contribution in [3.05, 3.63) is 196 Å². The minimum Gasteiger partial charge on any atom is -0.103 e. The zero-order valence-corrected chi connectivity index (χ0v) is 66.7. The fraction of sp³-hybridized carbons (Fsp3) is 0.648. The minimum absolute atomic E-state index is 0.383. The van der Waals surface area contributed by atoms with Crippen molar-refractivity contribution in [1.82, 2.24) is 0 Å². The van der Waals surface area contributed by atoms with E-state index in [1.165, 1.54) is 142 Å². The lowest BCUT2D eigenvalue weighted by Crippen LogP contribution is -2.28. The molecule has 8 aliphatic rings. The summed E-state index contributed by atoms with van der Waals surface area (Å²) >= 11 is 0. The molecule has 95 heavy (non-hydrogen) atoms. The predicted molar refractivity (Wildman–Crippen MR) is 444 cm³/mol. The van der Waals surface area contributed by atoms with Crippen molar-refractivity contribution in [3.8, 4) is 0 Å². The first kappa shape index (κ1) is 86.5. The van der Waals surface area contributed by atoms with E-state index in [4.69, 9.17) is 0 Å². The van der Waals surface area contributed by atoms with Crippen molar-refractivity contribution < 1.29 is 0 Å². The van der Waals surface area contributed by atoms with Gasteiger partial charge in [0, 0.05) is 34.8 Å². The lowest BCUT2D eigenvalue weighted by atomic mass is 9.72. The molecule has 20 unspecified atom stereocenters. The quantitative estimate of drug-likeness (QED) is 0.0808. The van der Waals surface area contributed by atoms with Gasteiger partial charge in [0.05, 0.1) is 0 Å². The first-order chi connectivity index (χ1) is 45.8. The van der Waals surface area contributed by atoms with Gasteiger partial charge in [-0.2, -0.15) is 0 Å². The first-order valence-electron chi connectivity index (χ1n) is 38.6. The molecule has 0 amide bonds. The predicted octanol–water partition coefficient (Wildman–Crippen LogP) is 29.7. The Balaban J connectivity index is 0.000000297. The third-order valence-electron chi connectivity index (χ3n) is 23.2. The summed E-state index contributed by atoms with van der Waals surface area (Å²) in [6.07, 6.45) is 73.8. The maximum Gasteiger partial charge on any atom is 0.00711 e. The second-order valence-electron chi connectivity index (χ2n) is 31.1. The van der Waals surface area contributed by atoms with Gasteiger partial charge in [-0.15, -0.1) is 26.3 Å². The summed E-state index contributed by atoms with van der Waals surface area (Å²) in [5.41, 5.74) is 5.59. The van der Waals surface area contributed by atoms with Gasteiger partial charge >= 0.3 is 0 Å². The Hall–Kier alpha value is -2.76. The van der Waals surface area contributed by atoms with Crippen molar-refractivity contribution in [2.45, 2.75) is 231 Å². The molecule has 20 atom stereocenters. The lowest BCUT2D eigenvalue weighted by Gasteiger charge is -2.33. The monoisotopic (exact) mass is 1370 g/mol. The highest BCUT2D eigenvalue weighted by Gasteiger charge is 2.34. The van der Waals surface area contributed by atoms with Gasteiger partial charge in [0.15, 0.2) is 0 Å². The van der Waals surface area contributed by atoms with Gasteiger partial charge in [0.25, 0.3) is 0 Å². The van der Waals surface area contributed by atoms with Crippen LogP contribution >= 0.6 is 43.2 Å². The molecule has 534 valence electrons. The molecular formula is C91H146S4. The lowest BCUT2D eigenvalue weighted by molar-refractivity contribution is 0.170. The van der Waals surface area contributed by atoms with Gasteiger partial charge in [-0.3, -0.25) is 0 Å². The number of rotatable bonds is 17. The molecule has 4 fully saturated rings. The van der Waals surface area contributed by atoms with E-state index in [-0.39, 0.29) is 0 Å². The first-order valence-corrected chi connectivity index (χ1v) is 43.6. The highest BCUT2D eigenvalue weighted by molar-refractivity contribution is 8.77. The fourth-order valence-electron chi connectivity index (χ4n) is 17.3. The highest BCUT2D eigenvalue weighted by Crippen LogP contribution is 2.47. The Labute approximate surface area is 607 Å². The molecule has 0 radical (unpaired) electrons. The number of hydrogen-bond acceptors (Lipinski definition) is 4. The zero-order valence-electron chi connectivity index (χ0n) is 63.5. The minimum atomic E-state index is 0.383. The standard InChI is InChI=1S/C18H26.C16H26.C16H22.C15H28.C15H24.C11H20S4/c1-7-11-15(5)17(13-9-3)18(14-10-4)16(6)12-8-2;2*1-5-9-13(3)16-12-8-7-11-14(4)15(16)10-6-2;2*1-12-7-3-6-10-15-13(2)8-4-5-9-14(15)11-12;1-8-3-10-6-14-13-5-9(2)11(10)7-15-12-4-8/h7-11,14,16-17H,1-4,12-13H2,5-6H3;5-8,13-16H,1-2,9-12H2,3-4H3;5-10,14,16H,1-2,11-12H2,3-4H3;12-15H,3-11H2,1-2H3;3-6,12-15H,7-11H2,1-2H3;8-11H,3-7H2,1-2H3/b15-11+,18-14-;;13-9+,15-10-;;;. The average Bonchev–Trinajstić information content (AvgIpc) is 2.37. The van der Waals surface area contributed by atoms with Crippen LogP contribution in [0.5, 0.6) is 0 Å². The van der Waals surface area contributed by atoms with Crippen molar-refractivity contribution in [2.75, 3.05) is 23.0 Å². The molecule has 0 nitrogen and oxygen atoms in total. The summed E-state index contributed by atoms with van der Waals surface area (Å²) in [6.45, 7) is 59.0. The third-order valence-corrected chi connectivity index (χ3v) is 28.6. The molecule has 8 rings (SSSR count). The largest absolute Gasteiger partial charge is 0.103 e. The van der Waals surface area contributed by atoms with E-state index in [0.29, 0.717) is 23.7 Å². The van der Waals surface area contributed by atoms with Crippen LogP contribution in [-0.2, 0) is 0 Å². The van der Waals surface area contributed by atoms with Gasteiger partial charge in [-0.05, 0) is 223 Å². The molecule has 2 saturated carbocycles. The summed E-state index contributed by atoms with van der Waals surface area (Å²) in [5.74, 6) is 22.2. The summed E-state index contributed by atoms with van der Waals surface area (Å²) < 4.78 is 0. The van der Waals surface area contributed by atoms with Crippen LogP contribution in [0.25, 0.3) is 0 Å². The second kappa shape index (κ2) is 51.4. The van der Waals surface area contributed by atoms with Gasteiger partial charge in [-0.1, -0.05) is 327 Å². The van der Waals surface area contributed by atoms with E-state index >= 15 is 0 Å². The molecule has 2 saturated heterocycles. The highest BCUT2D eigenvalue weighted by atomic mass is 33.1. The second-order valence-corrected chi connectivity index (χ2v) is 36.2. The fourth-order valence-corrected chi connectivity index (χ4v) is 23.4. The van der Waals surface area contributed by atoms with Crippen LogP contribution in [0, 0.1) is 118 Å². The SMILES string of the molecule is C=C/C=C(/C(C)CC=C)C(CC=C)/C(C)=C/C=C.C=C/C=C1/C(C)CC=CCC1/C(C)=C/C=C.C=CCC(C)C1CC=CCC(C)C1CC=C.CC1CC=CCC2C(C)CC=CCC2C1.CC1CCCCC2C(C)CCCCC2C1.CC1CSSCC2C(C)CSSCC2C1. The van der Waals surface area contributed by atoms with Crippen LogP contribution in [0.3, 0.4) is 0 Å². The molecule has 2 aliphatic heterocycles. The zero-order chi connectivity index (χ0) is 69.9. The summed E-state index contributed by atoms with van der Waals surface area (Å²) in [6, 6.07) is 0. The van der Waals surface area contributed by atoms with Crippen LogP contribution in [0.4, 0.5) is 0 Å². The van der Waals surface area contributed by atoms with E-state index in [9.17, 15) is 0 Å². The van der Waals surface area contributed by atoms with Crippen molar-refractivity contribution in [2.24, 2.45) is 118 Å². The number of hydrogen-bond donors (Lipinski definition) is 0. The third kappa shape index (κ3) is 32.6. The molecule has 0 aromatic carbocycles. The van der Waals surface area contributed by atoms with E-state index in [2.05, 4.69) is 264 Å². The Morgan fingerprint density at radius 1 is 0.453 bits per heavy atom. The van der Waals surface area contributed by atoms with Crippen molar-refractivity contribution in [1.29, 1.82) is 0 Å². The molecule has 0 N–H and O–H groups in total. The van der Waals surface area contributed by atoms with E-state index < -0.39 is 0 Å². The Morgan fingerprint density at radius 2 is 1.03 bits per heavy atom. The average molecular weight is 1370 g/mol. The molecule has 4 heteroatoms. The number of allylic oxidation sites excluding steroid dienone is 24. The summed E-state index contributed by atoms with van der Waals surface area (Å²) in [4.78, 5) is 0. The van der Waals surface area contributed by atoms with Gasteiger partial charge in [-0.25, -0.2) is 0 Å². The molecule has 2 heterocycles. The van der Waals surface area contributed by atoms with Crippen LogP contribution < -0.4 is 0 Å². The molecule has 0 aromatic rings. The van der Waals surface area contributed by atoms with Crippen LogP contribution in [0.2, 0.25) is 0 Å². The number of fused-ring (bicyclic) bond motifs is 3. The molecule has 0 bridgehead atoms. The van der Waals surface area contributed by atoms with Crippen molar-refractivity contribution >= 4 is 43.2 Å². The Bertz CT molecular complexity index is 2390. The van der Waals surface area contributed by atoms with E-state index in [0.717, 1.165) is 133 Å². The van der Waals surface area contributed by atoms with Crippen molar-refractivity contribution in [3.63, 3.8) is 0 Å². The maximum atomic E-state index is 3.92. The summed E-state index contributed by atoms with van der Waals surface area (Å²) in [7, 11) is 8.46. The molecule has 0 spiro atoms. The topological polar surface area (TPSA) is 0 Å². The summed E-state index contributed by atoms with van der Waals surface area (Å²) in [5, 5.41) is 0. The smallest absolute Gasteiger partial charge is 0.00711 e. The Morgan fingerprint density at radius 3 is 1.73 bits per heavy atom. The normalized spacial score (nSPS) is 33.5. The Kier molecular flexibility index (Phi) is 46.8. The van der Waals surface area contributed by atoms with E-state index in [1.54, 1.807) is 12.8 Å². The van der Waals surface area contributed by atoms with Gasteiger partial charge in [0.2, 0.25) is 0 Å². The van der Waals surface area contributed by atoms with E-state index in [1.807, 2.05) is 36.5 Å². The van der Waals surface area contributed by atoms with Crippen LogP contribution in [0.1, 0.15) is 231 Å². The molecule has 0 aromatic heterocycles. The molecule has 6 aliphatic carbocycles. The maximum absolute atomic E-state index is 3.92. The van der Waals surface area contributed by atoms with Gasteiger partial charge in [0.1, 0.15) is 0 Å². The van der Waals surface area contributed by atoms with Crippen LogP contribution in [-0.4, -0.2) is 23.0 Å². The van der Waals surface area contributed by atoms with Gasteiger partial charge < -0.3 is 0 Å².